The van der Waals surface area contributed by atoms with Crippen molar-refractivity contribution in [3.05, 3.63) is 47.5 Å². The van der Waals surface area contributed by atoms with Crippen molar-refractivity contribution in [1.82, 2.24) is 14.8 Å². The number of pyridine rings is 1. The zero-order valence-corrected chi connectivity index (χ0v) is 12.7. The van der Waals surface area contributed by atoms with E-state index in [2.05, 4.69) is 25.0 Å². The molecule has 0 aliphatic rings. The van der Waals surface area contributed by atoms with Crippen molar-refractivity contribution in [2.24, 2.45) is 7.05 Å². The van der Waals surface area contributed by atoms with Gasteiger partial charge < -0.3 is 0 Å². The minimum Gasteiger partial charge on any atom is -0.250 e. The van der Waals surface area contributed by atoms with Gasteiger partial charge in [-0.05, 0) is 42.2 Å². The number of hydrogen-bond donors (Lipinski definition) is 0. The molecule has 0 aliphatic carbocycles. The SMILES string of the molecule is Cc1nn(C)c2nc(C(C)C)cc(-c3ccc(F)cc3)c12. The van der Waals surface area contributed by atoms with Gasteiger partial charge in [0.1, 0.15) is 5.82 Å². The van der Waals surface area contributed by atoms with Crippen molar-refractivity contribution < 1.29 is 4.39 Å². The lowest BCUT2D eigenvalue weighted by Gasteiger charge is -2.10. The summed E-state index contributed by atoms with van der Waals surface area (Å²) in [5.41, 5.74) is 4.88. The van der Waals surface area contributed by atoms with Crippen molar-refractivity contribution in [2.45, 2.75) is 26.7 Å². The van der Waals surface area contributed by atoms with E-state index in [9.17, 15) is 4.39 Å². The molecule has 0 radical (unpaired) electrons. The van der Waals surface area contributed by atoms with E-state index in [1.807, 2.05) is 18.7 Å². The van der Waals surface area contributed by atoms with E-state index < -0.39 is 0 Å². The van der Waals surface area contributed by atoms with Gasteiger partial charge in [0.2, 0.25) is 0 Å². The van der Waals surface area contributed by atoms with Gasteiger partial charge in [-0.15, -0.1) is 0 Å². The lowest BCUT2D eigenvalue weighted by molar-refractivity contribution is 0.628. The highest BCUT2D eigenvalue weighted by Gasteiger charge is 2.16. The van der Waals surface area contributed by atoms with Crippen LogP contribution >= 0.6 is 0 Å². The highest BCUT2D eigenvalue weighted by Crippen LogP contribution is 2.32. The van der Waals surface area contributed by atoms with Crippen molar-refractivity contribution in [3.8, 4) is 11.1 Å². The number of hydrogen-bond acceptors (Lipinski definition) is 2. The van der Waals surface area contributed by atoms with Crippen LogP contribution in [0.1, 0.15) is 31.2 Å². The van der Waals surface area contributed by atoms with Gasteiger partial charge in [0, 0.05) is 18.1 Å². The second-order valence-electron chi connectivity index (χ2n) is 5.66. The molecule has 0 fully saturated rings. The molecule has 4 heteroatoms. The fourth-order valence-electron chi connectivity index (χ4n) is 2.62. The number of fused-ring (bicyclic) bond motifs is 1. The van der Waals surface area contributed by atoms with Gasteiger partial charge in [-0.3, -0.25) is 4.68 Å². The van der Waals surface area contributed by atoms with Crippen LogP contribution in [0, 0.1) is 12.7 Å². The Morgan fingerprint density at radius 1 is 1.14 bits per heavy atom. The molecule has 0 bridgehead atoms. The molecule has 0 atom stereocenters. The Hall–Kier alpha value is -2.23. The summed E-state index contributed by atoms with van der Waals surface area (Å²) in [6, 6.07) is 8.68. The Balaban J connectivity index is 2.36. The third-order valence-corrected chi connectivity index (χ3v) is 3.74. The van der Waals surface area contributed by atoms with Crippen molar-refractivity contribution in [1.29, 1.82) is 0 Å². The van der Waals surface area contributed by atoms with Crippen LogP contribution < -0.4 is 0 Å². The van der Waals surface area contributed by atoms with Gasteiger partial charge in [0.25, 0.3) is 0 Å². The highest BCUT2D eigenvalue weighted by atomic mass is 19.1. The summed E-state index contributed by atoms with van der Waals surface area (Å²) in [4.78, 5) is 4.73. The first kappa shape index (κ1) is 13.7. The first-order valence-electron chi connectivity index (χ1n) is 7.07. The minimum atomic E-state index is -0.226. The summed E-state index contributed by atoms with van der Waals surface area (Å²) in [5, 5.41) is 5.51. The van der Waals surface area contributed by atoms with Crippen LogP contribution in [0.5, 0.6) is 0 Å². The summed E-state index contributed by atoms with van der Waals surface area (Å²) in [7, 11) is 1.90. The quantitative estimate of drug-likeness (QED) is 0.705. The zero-order chi connectivity index (χ0) is 15.1. The predicted molar refractivity (Wildman–Crippen MR) is 82.7 cm³/mol. The number of rotatable bonds is 2. The molecular formula is C17H18FN3. The maximum absolute atomic E-state index is 13.2. The molecule has 0 spiro atoms. The fraction of sp³-hybridized carbons (Fsp3) is 0.294. The maximum Gasteiger partial charge on any atom is 0.158 e. The standard InChI is InChI=1S/C17H18FN3/c1-10(2)15-9-14(12-5-7-13(18)8-6-12)16-11(3)20-21(4)17(16)19-15/h5-10H,1-4H3. The Labute approximate surface area is 123 Å². The molecule has 0 aliphatic heterocycles. The van der Waals surface area contributed by atoms with E-state index in [-0.39, 0.29) is 5.82 Å². The normalized spacial score (nSPS) is 11.5. The number of aromatic nitrogens is 3. The number of nitrogens with zero attached hydrogens (tertiary/aromatic N) is 3. The molecule has 2 aromatic heterocycles. The van der Waals surface area contributed by atoms with E-state index in [4.69, 9.17) is 4.98 Å². The van der Waals surface area contributed by atoms with Gasteiger partial charge in [-0.1, -0.05) is 26.0 Å². The summed E-state index contributed by atoms with van der Waals surface area (Å²) >= 11 is 0. The van der Waals surface area contributed by atoms with E-state index in [1.165, 1.54) is 12.1 Å². The van der Waals surface area contributed by atoms with Gasteiger partial charge in [-0.25, -0.2) is 9.37 Å². The van der Waals surface area contributed by atoms with Crippen LogP contribution in [0.2, 0.25) is 0 Å². The number of aryl methyl sites for hydroxylation is 2. The van der Waals surface area contributed by atoms with Gasteiger partial charge in [0.05, 0.1) is 5.69 Å². The van der Waals surface area contributed by atoms with Gasteiger partial charge in [0.15, 0.2) is 5.65 Å². The third-order valence-electron chi connectivity index (χ3n) is 3.74. The van der Waals surface area contributed by atoms with Crippen molar-refractivity contribution in [2.75, 3.05) is 0 Å². The first-order chi connectivity index (χ1) is 9.97. The molecule has 0 saturated heterocycles. The molecule has 2 heterocycles. The average molecular weight is 283 g/mol. The Morgan fingerprint density at radius 2 is 1.81 bits per heavy atom. The molecule has 3 aromatic rings. The first-order valence-corrected chi connectivity index (χ1v) is 7.07. The molecule has 3 rings (SSSR count). The van der Waals surface area contributed by atoms with Crippen molar-refractivity contribution >= 4 is 11.0 Å². The summed E-state index contributed by atoms with van der Waals surface area (Å²) in [5.74, 6) is 0.0971. The summed E-state index contributed by atoms with van der Waals surface area (Å²) in [6.45, 7) is 6.21. The average Bonchev–Trinajstić information content (AvgIpc) is 2.74. The van der Waals surface area contributed by atoms with Crippen molar-refractivity contribution in [3.63, 3.8) is 0 Å². The molecule has 1 aromatic carbocycles. The largest absolute Gasteiger partial charge is 0.250 e. The van der Waals surface area contributed by atoms with Gasteiger partial charge in [-0.2, -0.15) is 5.10 Å². The smallest absolute Gasteiger partial charge is 0.158 e. The zero-order valence-electron chi connectivity index (χ0n) is 12.7. The topological polar surface area (TPSA) is 30.7 Å². The van der Waals surface area contributed by atoms with Crippen LogP contribution in [0.25, 0.3) is 22.2 Å². The molecule has 21 heavy (non-hydrogen) atoms. The fourth-order valence-corrected chi connectivity index (χ4v) is 2.62. The van der Waals surface area contributed by atoms with Gasteiger partial charge >= 0.3 is 0 Å². The van der Waals surface area contributed by atoms with E-state index >= 15 is 0 Å². The van der Waals surface area contributed by atoms with Crippen LogP contribution in [0.15, 0.2) is 30.3 Å². The maximum atomic E-state index is 13.2. The molecular weight excluding hydrogens is 265 g/mol. The second-order valence-corrected chi connectivity index (χ2v) is 5.66. The molecule has 0 N–H and O–H groups in total. The monoisotopic (exact) mass is 283 g/mol. The Kier molecular flexibility index (Phi) is 3.24. The van der Waals surface area contributed by atoms with E-state index in [0.29, 0.717) is 5.92 Å². The van der Waals surface area contributed by atoms with Crippen LogP contribution in [0.3, 0.4) is 0 Å². The number of benzene rings is 1. The Bertz CT molecular complexity index is 801. The van der Waals surface area contributed by atoms with Crippen LogP contribution in [0.4, 0.5) is 4.39 Å². The highest BCUT2D eigenvalue weighted by molar-refractivity contribution is 5.95. The summed E-state index contributed by atoms with van der Waals surface area (Å²) < 4.78 is 15.0. The molecule has 3 nitrogen and oxygen atoms in total. The van der Waals surface area contributed by atoms with Crippen LogP contribution in [-0.2, 0) is 7.05 Å². The third kappa shape index (κ3) is 2.31. The predicted octanol–water partition coefficient (Wildman–Crippen LogP) is 4.21. The minimum absolute atomic E-state index is 0.226. The lowest BCUT2D eigenvalue weighted by atomic mass is 9.98. The number of halogens is 1. The second kappa shape index (κ2) is 4.95. The van der Waals surface area contributed by atoms with E-state index in [0.717, 1.165) is 33.5 Å². The van der Waals surface area contributed by atoms with Crippen LogP contribution in [-0.4, -0.2) is 14.8 Å². The Morgan fingerprint density at radius 3 is 2.43 bits per heavy atom. The molecule has 108 valence electrons. The molecule has 0 amide bonds. The van der Waals surface area contributed by atoms with E-state index in [1.54, 1.807) is 12.1 Å². The molecule has 0 unspecified atom stereocenters. The molecule has 0 saturated carbocycles. The lowest BCUT2D eigenvalue weighted by Crippen LogP contribution is -1.98. The summed E-state index contributed by atoms with van der Waals surface area (Å²) in [6.07, 6.45) is 0.